The van der Waals surface area contributed by atoms with Crippen LogP contribution in [-0.2, 0) is 13.1 Å². The number of hydrogen-bond acceptors (Lipinski definition) is 5. The quantitative estimate of drug-likeness (QED) is 0.861. The Morgan fingerprint density at radius 1 is 1.00 bits per heavy atom. The highest BCUT2D eigenvalue weighted by Crippen LogP contribution is 2.16. The van der Waals surface area contributed by atoms with Crippen molar-refractivity contribution in [3.63, 3.8) is 0 Å². The molecule has 1 aliphatic rings. The van der Waals surface area contributed by atoms with E-state index in [0.717, 1.165) is 32.8 Å². The summed E-state index contributed by atoms with van der Waals surface area (Å²) in [6, 6.07) is 10.5. The molecule has 3 heterocycles. The summed E-state index contributed by atoms with van der Waals surface area (Å²) >= 11 is 0. The first kappa shape index (κ1) is 14.6. The number of nitriles is 1. The molecule has 5 heteroatoms. The van der Waals surface area contributed by atoms with E-state index in [2.05, 4.69) is 38.0 Å². The van der Waals surface area contributed by atoms with Crippen LogP contribution in [0.3, 0.4) is 0 Å². The average Bonchev–Trinajstić information content (AvgIpc) is 2.56. The largest absolute Gasteiger partial charge is 0.285 e. The van der Waals surface area contributed by atoms with E-state index in [9.17, 15) is 5.26 Å². The van der Waals surface area contributed by atoms with Crippen molar-refractivity contribution in [2.75, 3.05) is 19.8 Å². The molecule has 5 nitrogen and oxygen atoms in total. The minimum atomic E-state index is 0.0436. The summed E-state index contributed by atoms with van der Waals surface area (Å²) < 4.78 is 0. The van der Waals surface area contributed by atoms with Crippen molar-refractivity contribution in [1.82, 2.24) is 19.8 Å². The first-order chi connectivity index (χ1) is 10.8. The van der Waals surface area contributed by atoms with Gasteiger partial charge in [0.2, 0.25) is 0 Å². The predicted molar refractivity (Wildman–Crippen MR) is 83.3 cm³/mol. The SMILES string of the molecule is N#CC1CN(Cc2cccnc2)CN(Cc2cccnc2)C1. The highest BCUT2D eigenvalue weighted by atomic mass is 15.3. The zero-order valence-electron chi connectivity index (χ0n) is 12.5. The van der Waals surface area contributed by atoms with E-state index in [4.69, 9.17) is 0 Å². The van der Waals surface area contributed by atoms with E-state index in [1.165, 1.54) is 11.1 Å². The first-order valence-corrected chi connectivity index (χ1v) is 7.45. The molecule has 0 spiro atoms. The summed E-state index contributed by atoms with van der Waals surface area (Å²) in [5, 5.41) is 9.33. The molecule has 1 fully saturated rings. The molecule has 0 radical (unpaired) electrons. The van der Waals surface area contributed by atoms with Gasteiger partial charge in [0.1, 0.15) is 0 Å². The van der Waals surface area contributed by atoms with Crippen molar-refractivity contribution >= 4 is 0 Å². The van der Waals surface area contributed by atoms with Gasteiger partial charge >= 0.3 is 0 Å². The topological polar surface area (TPSA) is 56.1 Å². The third-order valence-corrected chi connectivity index (χ3v) is 3.80. The second-order valence-corrected chi connectivity index (χ2v) is 5.71. The van der Waals surface area contributed by atoms with E-state index in [0.29, 0.717) is 0 Å². The fourth-order valence-electron chi connectivity index (χ4n) is 2.89. The molecule has 2 aromatic heterocycles. The molecule has 0 atom stereocenters. The zero-order chi connectivity index (χ0) is 15.2. The van der Waals surface area contributed by atoms with Gasteiger partial charge in [-0.25, -0.2) is 0 Å². The van der Waals surface area contributed by atoms with Gasteiger partial charge in [-0.2, -0.15) is 5.26 Å². The summed E-state index contributed by atoms with van der Waals surface area (Å²) in [6.07, 6.45) is 7.35. The Morgan fingerprint density at radius 2 is 1.55 bits per heavy atom. The lowest BCUT2D eigenvalue weighted by molar-refractivity contribution is 0.0533. The Hall–Kier alpha value is -2.29. The molecule has 2 aromatic rings. The molecule has 112 valence electrons. The maximum atomic E-state index is 9.33. The molecule has 22 heavy (non-hydrogen) atoms. The molecule has 0 aromatic carbocycles. The molecule has 1 saturated heterocycles. The molecule has 0 amide bonds. The smallest absolute Gasteiger partial charge is 0.0718 e. The Labute approximate surface area is 130 Å². The number of nitrogens with zero attached hydrogens (tertiary/aromatic N) is 5. The van der Waals surface area contributed by atoms with Crippen molar-refractivity contribution in [3.8, 4) is 6.07 Å². The van der Waals surface area contributed by atoms with Crippen LogP contribution in [0.2, 0.25) is 0 Å². The van der Waals surface area contributed by atoms with E-state index < -0.39 is 0 Å². The van der Waals surface area contributed by atoms with E-state index in [1.807, 2.05) is 24.5 Å². The van der Waals surface area contributed by atoms with Crippen LogP contribution >= 0.6 is 0 Å². The van der Waals surface area contributed by atoms with Gasteiger partial charge in [0.05, 0.1) is 18.7 Å². The van der Waals surface area contributed by atoms with Crippen LogP contribution in [-0.4, -0.2) is 39.5 Å². The highest BCUT2D eigenvalue weighted by molar-refractivity contribution is 5.10. The Balaban J connectivity index is 1.66. The normalized spacial score (nSPS) is 17.2. The summed E-state index contributed by atoms with van der Waals surface area (Å²) in [7, 11) is 0. The van der Waals surface area contributed by atoms with Crippen LogP contribution in [0, 0.1) is 17.2 Å². The van der Waals surface area contributed by atoms with Gasteiger partial charge in [0.15, 0.2) is 0 Å². The standard InChI is InChI=1S/C17H19N5/c18-7-17-12-21(10-15-3-1-5-19-8-15)14-22(13-17)11-16-4-2-6-20-9-16/h1-6,8-9,17H,10-14H2. The maximum absolute atomic E-state index is 9.33. The molecule has 0 bridgehead atoms. The molecular formula is C17H19N5. The van der Waals surface area contributed by atoms with Crippen LogP contribution in [0.1, 0.15) is 11.1 Å². The van der Waals surface area contributed by atoms with E-state index >= 15 is 0 Å². The van der Waals surface area contributed by atoms with Crippen LogP contribution < -0.4 is 0 Å². The van der Waals surface area contributed by atoms with Gasteiger partial charge in [-0.1, -0.05) is 12.1 Å². The summed E-state index contributed by atoms with van der Waals surface area (Å²) in [5.41, 5.74) is 2.37. The third kappa shape index (κ3) is 3.88. The molecule has 1 aliphatic heterocycles. The van der Waals surface area contributed by atoms with Gasteiger partial charge in [-0.05, 0) is 23.3 Å². The lowest BCUT2D eigenvalue weighted by Gasteiger charge is -2.38. The summed E-state index contributed by atoms with van der Waals surface area (Å²) in [5.74, 6) is 0.0436. The Kier molecular flexibility index (Phi) is 4.74. The lowest BCUT2D eigenvalue weighted by Crippen LogP contribution is -2.48. The van der Waals surface area contributed by atoms with Crippen molar-refractivity contribution in [3.05, 3.63) is 60.2 Å². The molecular weight excluding hydrogens is 274 g/mol. The lowest BCUT2D eigenvalue weighted by atomic mass is 10.1. The number of aromatic nitrogens is 2. The highest BCUT2D eigenvalue weighted by Gasteiger charge is 2.25. The van der Waals surface area contributed by atoms with Gasteiger partial charge in [0, 0.05) is 51.0 Å². The van der Waals surface area contributed by atoms with Gasteiger partial charge < -0.3 is 0 Å². The first-order valence-electron chi connectivity index (χ1n) is 7.45. The van der Waals surface area contributed by atoms with Crippen molar-refractivity contribution < 1.29 is 0 Å². The van der Waals surface area contributed by atoms with Crippen LogP contribution in [0.5, 0.6) is 0 Å². The monoisotopic (exact) mass is 293 g/mol. The minimum absolute atomic E-state index is 0.0436. The van der Waals surface area contributed by atoms with Gasteiger partial charge in [-0.15, -0.1) is 0 Å². The number of rotatable bonds is 4. The molecule has 0 N–H and O–H groups in total. The predicted octanol–water partition coefficient (Wildman–Crippen LogP) is 1.89. The van der Waals surface area contributed by atoms with Crippen molar-refractivity contribution in [2.24, 2.45) is 5.92 Å². The third-order valence-electron chi connectivity index (χ3n) is 3.80. The van der Waals surface area contributed by atoms with E-state index in [-0.39, 0.29) is 5.92 Å². The fraction of sp³-hybridized carbons (Fsp3) is 0.353. The fourth-order valence-corrected chi connectivity index (χ4v) is 2.89. The second kappa shape index (κ2) is 7.12. The van der Waals surface area contributed by atoms with Crippen LogP contribution in [0.15, 0.2) is 49.1 Å². The van der Waals surface area contributed by atoms with Gasteiger partial charge in [-0.3, -0.25) is 19.8 Å². The second-order valence-electron chi connectivity index (χ2n) is 5.71. The summed E-state index contributed by atoms with van der Waals surface area (Å²) in [4.78, 5) is 12.9. The van der Waals surface area contributed by atoms with Crippen LogP contribution in [0.4, 0.5) is 0 Å². The Morgan fingerprint density at radius 3 is 1.95 bits per heavy atom. The molecule has 0 unspecified atom stereocenters. The molecule has 0 saturated carbocycles. The number of pyridine rings is 2. The van der Waals surface area contributed by atoms with Gasteiger partial charge in [0.25, 0.3) is 0 Å². The summed E-state index contributed by atoms with van der Waals surface area (Å²) in [6.45, 7) is 4.15. The number of hydrogen-bond donors (Lipinski definition) is 0. The molecule has 0 aliphatic carbocycles. The zero-order valence-corrected chi connectivity index (χ0v) is 12.5. The Bertz CT molecular complexity index is 573. The van der Waals surface area contributed by atoms with Crippen molar-refractivity contribution in [2.45, 2.75) is 13.1 Å². The minimum Gasteiger partial charge on any atom is -0.285 e. The van der Waals surface area contributed by atoms with Crippen LogP contribution in [0.25, 0.3) is 0 Å². The average molecular weight is 293 g/mol. The van der Waals surface area contributed by atoms with Crippen molar-refractivity contribution in [1.29, 1.82) is 5.26 Å². The molecule has 3 rings (SSSR count). The van der Waals surface area contributed by atoms with E-state index in [1.54, 1.807) is 12.4 Å². The maximum Gasteiger partial charge on any atom is 0.0718 e.